The summed E-state index contributed by atoms with van der Waals surface area (Å²) in [5.41, 5.74) is 10.1. The van der Waals surface area contributed by atoms with E-state index in [2.05, 4.69) is 11.1 Å². The number of phenolic OH excluding ortho intramolecular Hbond substituents is 1. The van der Waals surface area contributed by atoms with Gasteiger partial charge in [0, 0.05) is 16.7 Å². The first-order chi connectivity index (χ1) is 11.1. The SMILES string of the molecule is Cc1ccccc1-c1cc(-c2ccccc2O)c(C#N)c(N)n1. The minimum absolute atomic E-state index is 0.102. The van der Waals surface area contributed by atoms with Gasteiger partial charge in [-0.25, -0.2) is 4.98 Å². The van der Waals surface area contributed by atoms with Crippen LogP contribution in [0.3, 0.4) is 0 Å². The van der Waals surface area contributed by atoms with Gasteiger partial charge < -0.3 is 10.8 Å². The molecule has 4 nitrogen and oxygen atoms in total. The molecule has 0 saturated carbocycles. The fourth-order valence-corrected chi connectivity index (χ4v) is 2.59. The predicted octanol–water partition coefficient (Wildman–Crippen LogP) is 3.88. The molecule has 4 heteroatoms. The molecule has 1 aromatic heterocycles. The number of nitriles is 1. The van der Waals surface area contributed by atoms with Crippen LogP contribution in [0.1, 0.15) is 11.1 Å². The Hall–Kier alpha value is -3.32. The van der Waals surface area contributed by atoms with Gasteiger partial charge in [-0.15, -0.1) is 0 Å². The maximum atomic E-state index is 10.1. The van der Waals surface area contributed by atoms with Crippen molar-refractivity contribution in [1.82, 2.24) is 4.98 Å². The van der Waals surface area contributed by atoms with Gasteiger partial charge in [-0.05, 0) is 24.6 Å². The summed E-state index contributed by atoms with van der Waals surface area (Å²) in [4.78, 5) is 4.36. The zero-order valence-corrected chi connectivity index (χ0v) is 12.6. The molecule has 0 bridgehead atoms. The molecule has 112 valence electrons. The van der Waals surface area contributed by atoms with Gasteiger partial charge in [0.05, 0.1) is 5.69 Å². The molecule has 1 heterocycles. The first-order valence-corrected chi connectivity index (χ1v) is 7.17. The van der Waals surface area contributed by atoms with Crippen molar-refractivity contribution in [2.75, 3.05) is 5.73 Å². The van der Waals surface area contributed by atoms with E-state index in [0.717, 1.165) is 11.1 Å². The summed E-state index contributed by atoms with van der Waals surface area (Å²) < 4.78 is 0. The number of anilines is 1. The van der Waals surface area contributed by atoms with E-state index in [9.17, 15) is 10.4 Å². The molecule has 3 rings (SSSR count). The van der Waals surface area contributed by atoms with Crippen molar-refractivity contribution >= 4 is 5.82 Å². The Labute approximate surface area is 134 Å². The minimum atomic E-state index is 0.102. The van der Waals surface area contributed by atoms with E-state index in [4.69, 9.17) is 5.73 Å². The Balaban J connectivity index is 2.30. The number of hydrogen-bond donors (Lipinski definition) is 2. The third-order valence-corrected chi connectivity index (χ3v) is 3.77. The van der Waals surface area contributed by atoms with Crippen LogP contribution in [0.4, 0.5) is 5.82 Å². The van der Waals surface area contributed by atoms with Crippen LogP contribution in [0.25, 0.3) is 22.4 Å². The number of nitrogens with two attached hydrogens (primary N) is 1. The number of phenols is 1. The zero-order chi connectivity index (χ0) is 16.4. The number of nitrogens with zero attached hydrogens (tertiary/aromatic N) is 2. The van der Waals surface area contributed by atoms with Crippen molar-refractivity contribution in [1.29, 1.82) is 5.26 Å². The first-order valence-electron chi connectivity index (χ1n) is 7.17. The number of aromatic hydroxyl groups is 1. The van der Waals surface area contributed by atoms with E-state index < -0.39 is 0 Å². The predicted molar refractivity (Wildman–Crippen MR) is 90.6 cm³/mol. The molecule has 3 aromatic rings. The summed E-state index contributed by atoms with van der Waals surface area (Å²) in [7, 11) is 0. The van der Waals surface area contributed by atoms with Gasteiger partial charge in [-0.2, -0.15) is 5.26 Å². The van der Waals surface area contributed by atoms with E-state index in [-0.39, 0.29) is 17.1 Å². The molecule has 23 heavy (non-hydrogen) atoms. The van der Waals surface area contributed by atoms with Gasteiger partial charge in [0.15, 0.2) is 0 Å². The Morgan fingerprint density at radius 1 is 1.00 bits per heavy atom. The molecule has 0 fully saturated rings. The van der Waals surface area contributed by atoms with E-state index in [1.54, 1.807) is 30.3 Å². The summed E-state index contributed by atoms with van der Waals surface area (Å²) >= 11 is 0. The van der Waals surface area contributed by atoms with Gasteiger partial charge in [0.25, 0.3) is 0 Å². The molecule has 0 aliphatic carbocycles. The van der Waals surface area contributed by atoms with Crippen LogP contribution in [-0.4, -0.2) is 10.1 Å². The Bertz CT molecular complexity index is 926. The maximum Gasteiger partial charge on any atom is 0.142 e. The minimum Gasteiger partial charge on any atom is -0.507 e. The fourth-order valence-electron chi connectivity index (χ4n) is 2.59. The van der Waals surface area contributed by atoms with E-state index in [0.29, 0.717) is 16.8 Å². The molecule has 3 N–H and O–H groups in total. The molecule has 0 saturated heterocycles. The van der Waals surface area contributed by atoms with Crippen molar-refractivity contribution in [3.05, 3.63) is 65.7 Å². The van der Waals surface area contributed by atoms with Gasteiger partial charge >= 0.3 is 0 Å². The van der Waals surface area contributed by atoms with Crippen molar-refractivity contribution in [3.63, 3.8) is 0 Å². The second-order valence-electron chi connectivity index (χ2n) is 5.26. The number of nitrogen functional groups attached to an aromatic ring is 1. The standard InChI is InChI=1S/C19H15N3O/c1-12-6-2-3-7-13(12)17-10-15(16(11-20)19(21)22-17)14-8-4-5-9-18(14)23/h2-10,23H,1H3,(H2,21,22). The molecule has 0 spiro atoms. The van der Waals surface area contributed by atoms with Gasteiger partial charge in [0.2, 0.25) is 0 Å². The largest absolute Gasteiger partial charge is 0.507 e. The average molecular weight is 301 g/mol. The highest BCUT2D eigenvalue weighted by Gasteiger charge is 2.16. The molecule has 0 unspecified atom stereocenters. The topological polar surface area (TPSA) is 82.9 Å². The van der Waals surface area contributed by atoms with Crippen LogP contribution in [0.5, 0.6) is 5.75 Å². The normalized spacial score (nSPS) is 10.3. The quantitative estimate of drug-likeness (QED) is 0.752. The number of hydrogen-bond acceptors (Lipinski definition) is 4. The molecule has 2 aromatic carbocycles. The van der Waals surface area contributed by atoms with Gasteiger partial charge in [-0.3, -0.25) is 0 Å². The lowest BCUT2D eigenvalue weighted by Crippen LogP contribution is -2.00. The van der Waals surface area contributed by atoms with Crippen LogP contribution < -0.4 is 5.73 Å². The van der Waals surface area contributed by atoms with Gasteiger partial charge in [-0.1, -0.05) is 42.5 Å². The summed E-state index contributed by atoms with van der Waals surface area (Å²) in [6, 6.07) is 18.6. The second-order valence-corrected chi connectivity index (χ2v) is 5.26. The molecule has 0 atom stereocenters. The number of aryl methyl sites for hydroxylation is 1. The van der Waals surface area contributed by atoms with Crippen molar-refractivity contribution in [2.24, 2.45) is 0 Å². The smallest absolute Gasteiger partial charge is 0.142 e. The summed E-state index contributed by atoms with van der Waals surface area (Å²) in [6.07, 6.45) is 0. The van der Waals surface area contributed by atoms with Gasteiger partial charge in [0.1, 0.15) is 23.2 Å². The third-order valence-electron chi connectivity index (χ3n) is 3.77. The Kier molecular flexibility index (Phi) is 3.70. The summed E-state index contributed by atoms with van der Waals surface area (Å²) in [6.45, 7) is 1.99. The Morgan fingerprint density at radius 3 is 2.30 bits per heavy atom. The fraction of sp³-hybridized carbons (Fsp3) is 0.0526. The average Bonchev–Trinajstić information content (AvgIpc) is 2.55. The molecule has 0 radical (unpaired) electrons. The highest BCUT2D eigenvalue weighted by Crippen LogP contribution is 2.36. The summed E-state index contributed by atoms with van der Waals surface area (Å²) in [5, 5.41) is 19.5. The van der Waals surface area contributed by atoms with Crippen LogP contribution in [-0.2, 0) is 0 Å². The van der Waals surface area contributed by atoms with Crippen LogP contribution in [0.2, 0.25) is 0 Å². The van der Waals surface area contributed by atoms with Crippen LogP contribution in [0, 0.1) is 18.3 Å². The highest BCUT2D eigenvalue weighted by molar-refractivity contribution is 5.83. The lowest BCUT2D eigenvalue weighted by Gasteiger charge is -2.12. The number of benzene rings is 2. The number of pyridine rings is 1. The monoisotopic (exact) mass is 301 g/mol. The zero-order valence-electron chi connectivity index (χ0n) is 12.6. The molecule has 0 aliphatic rings. The third kappa shape index (κ3) is 2.60. The van der Waals surface area contributed by atoms with E-state index in [1.165, 1.54) is 0 Å². The summed E-state index contributed by atoms with van der Waals surface area (Å²) in [5.74, 6) is 0.261. The number of aromatic nitrogens is 1. The van der Waals surface area contributed by atoms with Crippen LogP contribution >= 0.6 is 0 Å². The van der Waals surface area contributed by atoms with Crippen molar-refractivity contribution < 1.29 is 5.11 Å². The van der Waals surface area contributed by atoms with Crippen molar-refractivity contribution in [2.45, 2.75) is 6.92 Å². The molecular formula is C19H15N3O. The second kappa shape index (κ2) is 5.82. The van der Waals surface area contributed by atoms with Crippen LogP contribution in [0.15, 0.2) is 54.6 Å². The molecule has 0 amide bonds. The van der Waals surface area contributed by atoms with E-state index >= 15 is 0 Å². The maximum absolute atomic E-state index is 10.1. The Morgan fingerprint density at radius 2 is 1.65 bits per heavy atom. The lowest BCUT2D eigenvalue weighted by molar-refractivity contribution is 0.477. The highest BCUT2D eigenvalue weighted by atomic mass is 16.3. The molecule has 0 aliphatic heterocycles. The number of para-hydroxylation sites is 1. The van der Waals surface area contributed by atoms with E-state index in [1.807, 2.05) is 31.2 Å². The lowest BCUT2D eigenvalue weighted by atomic mass is 9.96. The molecular weight excluding hydrogens is 286 g/mol. The number of rotatable bonds is 2. The first kappa shape index (κ1) is 14.6. The van der Waals surface area contributed by atoms with Crippen molar-refractivity contribution in [3.8, 4) is 34.2 Å².